The standard InChI is InChI=1S/C12H18O/c13-10-3-6-11-4-1-2-5-12(11,9-10)8-7-11/h1-9H2. The predicted molar refractivity (Wildman–Crippen MR) is 51.4 cm³/mol. The first kappa shape index (κ1) is 8.02. The first-order valence-electron chi connectivity index (χ1n) is 5.78. The zero-order valence-electron chi connectivity index (χ0n) is 8.27. The molecule has 3 saturated carbocycles. The topological polar surface area (TPSA) is 17.1 Å². The number of hydrogen-bond donors (Lipinski definition) is 0. The molecule has 0 aromatic rings. The van der Waals surface area contributed by atoms with Crippen molar-refractivity contribution < 1.29 is 4.79 Å². The second-order valence-corrected chi connectivity index (χ2v) is 5.48. The highest BCUT2D eigenvalue weighted by molar-refractivity contribution is 5.80. The minimum Gasteiger partial charge on any atom is -0.300 e. The monoisotopic (exact) mass is 178 g/mol. The lowest BCUT2D eigenvalue weighted by molar-refractivity contribution is -0.164. The van der Waals surface area contributed by atoms with Crippen LogP contribution in [0.3, 0.4) is 0 Å². The molecule has 2 unspecified atom stereocenters. The highest BCUT2D eigenvalue weighted by atomic mass is 16.1. The molecule has 0 aliphatic heterocycles. The molecule has 72 valence electrons. The van der Waals surface area contributed by atoms with Crippen LogP contribution in [0.1, 0.15) is 57.8 Å². The van der Waals surface area contributed by atoms with Crippen LogP contribution in [0.5, 0.6) is 0 Å². The van der Waals surface area contributed by atoms with E-state index in [0.29, 0.717) is 16.6 Å². The Kier molecular flexibility index (Phi) is 1.46. The van der Waals surface area contributed by atoms with Crippen molar-refractivity contribution in [3.8, 4) is 0 Å². The van der Waals surface area contributed by atoms with Gasteiger partial charge in [0.2, 0.25) is 0 Å². The minimum atomic E-state index is 0.514. The average molecular weight is 178 g/mol. The van der Waals surface area contributed by atoms with Crippen molar-refractivity contribution in [2.24, 2.45) is 10.8 Å². The lowest BCUT2D eigenvalue weighted by atomic mass is 9.39. The Morgan fingerprint density at radius 3 is 2.23 bits per heavy atom. The maximum Gasteiger partial charge on any atom is 0.133 e. The van der Waals surface area contributed by atoms with E-state index in [1.54, 1.807) is 0 Å². The van der Waals surface area contributed by atoms with Crippen molar-refractivity contribution >= 4 is 5.78 Å². The van der Waals surface area contributed by atoms with Crippen molar-refractivity contribution in [2.75, 3.05) is 0 Å². The molecular weight excluding hydrogens is 160 g/mol. The van der Waals surface area contributed by atoms with Crippen LogP contribution in [0.15, 0.2) is 0 Å². The molecule has 0 aromatic carbocycles. The van der Waals surface area contributed by atoms with Crippen molar-refractivity contribution in [1.29, 1.82) is 0 Å². The normalized spacial score (nSPS) is 49.1. The van der Waals surface area contributed by atoms with Gasteiger partial charge in [0.05, 0.1) is 0 Å². The first-order valence-corrected chi connectivity index (χ1v) is 5.78. The summed E-state index contributed by atoms with van der Waals surface area (Å²) in [5, 5.41) is 0. The second kappa shape index (κ2) is 2.37. The van der Waals surface area contributed by atoms with E-state index in [0.717, 1.165) is 12.8 Å². The van der Waals surface area contributed by atoms with Gasteiger partial charge in [-0.1, -0.05) is 12.8 Å². The van der Waals surface area contributed by atoms with Crippen molar-refractivity contribution in [3.05, 3.63) is 0 Å². The van der Waals surface area contributed by atoms with Crippen LogP contribution in [-0.4, -0.2) is 5.78 Å². The number of ketones is 1. The second-order valence-electron chi connectivity index (χ2n) is 5.48. The third-order valence-corrected chi connectivity index (χ3v) is 5.19. The van der Waals surface area contributed by atoms with Crippen LogP contribution in [0.4, 0.5) is 0 Å². The Balaban J connectivity index is 1.93. The fourth-order valence-electron chi connectivity index (χ4n) is 4.26. The molecule has 0 bridgehead atoms. The maximum absolute atomic E-state index is 11.5. The number of carbonyl (C=O) groups is 1. The SMILES string of the molecule is O=C1CCC23CCCCC2(CC3)C1. The highest BCUT2D eigenvalue weighted by Crippen LogP contribution is 2.70. The first-order chi connectivity index (χ1) is 6.27. The Morgan fingerprint density at radius 2 is 1.54 bits per heavy atom. The van der Waals surface area contributed by atoms with Gasteiger partial charge in [-0.3, -0.25) is 4.79 Å². The van der Waals surface area contributed by atoms with Gasteiger partial charge < -0.3 is 0 Å². The lowest BCUT2D eigenvalue weighted by Crippen LogP contribution is -2.56. The Morgan fingerprint density at radius 1 is 0.846 bits per heavy atom. The molecule has 0 spiro atoms. The van der Waals surface area contributed by atoms with Gasteiger partial charge in [-0.15, -0.1) is 0 Å². The Bertz CT molecular complexity index is 258. The fourth-order valence-corrected chi connectivity index (χ4v) is 4.26. The summed E-state index contributed by atoms with van der Waals surface area (Å²) in [6.45, 7) is 0. The number of rotatable bonds is 0. The third kappa shape index (κ3) is 0.858. The Labute approximate surface area is 79.9 Å². The molecule has 1 nitrogen and oxygen atoms in total. The molecule has 3 aliphatic carbocycles. The van der Waals surface area contributed by atoms with Crippen LogP contribution >= 0.6 is 0 Å². The van der Waals surface area contributed by atoms with Gasteiger partial charge in [-0.05, 0) is 42.9 Å². The summed E-state index contributed by atoms with van der Waals surface area (Å²) >= 11 is 0. The summed E-state index contributed by atoms with van der Waals surface area (Å²) < 4.78 is 0. The summed E-state index contributed by atoms with van der Waals surface area (Å²) in [6.07, 6.45) is 11.4. The van der Waals surface area contributed by atoms with E-state index < -0.39 is 0 Å². The fraction of sp³-hybridized carbons (Fsp3) is 0.917. The van der Waals surface area contributed by atoms with Gasteiger partial charge in [0.25, 0.3) is 0 Å². The van der Waals surface area contributed by atoms with E-state index in [2.05, 4.69) is 0 Å². The van der Waals surface area contributed by atoms with Crippen LogP contribution in [0.25, 0.3) is 0 Å². The maximum atomic E-state index is 11.5. The summed E-state index contributed by atoms with van der Waals surface area (Å²) in [5.41, 5.74) is 1.17. The van der Waals surface area contributed by atoms with E-state index in [1.165, 1.54) is 44.9 Å². The van der Waals surface area contributed by atoms with Gasteiger partial charge >= 0.3 is 0 Å². The number of carbonyl (C=O) groups excluding carboxylic acids is 1. The molecule has 0 heterocycles. The summed E-state index contributed by atoms with van der Waals surface area (Å²) in [4.78, 5) is 11.5. The van der Waals surface area contributed by atoms with Crippen molar-refractivity contribution in [2.45, 2.75) is 57.8 Å². The van der Waals surface area contributed by atoms with E-state index in [1.807, 2.05) is 0 Å². The molecule has 0 aromatic heterocycles. The molecule has 1 heteroatoms. The van der Waals surface area contributed by atoms with Gasteiger partial charge in [0, 0.05) is 12.8 Å². The van der Waals surface area contributed by atoms with Crippen molar-refractivity contribution in [1.82, 2.24) is 0 Å². The zero-order chi connectivity index (χ0) is 8.94. The molecule has 0 amide bonds. The van der Waals surface area contributed by atoms with Gasteiger partial charge in [-0.25, -0.2) is 0 Å². The number of Topliss-reactive ketones (excluding diaryl/α,β-unsaturated/α-hetero) is 1. The van der Waals surface area contributed by atoms with Crippen LogP contribution in [0, 0.1) is 10.8 Å². The smallest absolute Gasteiger partial charge is 0.133 e. The molecular formula is C12H18O. The molecule has 0 radical (unpaired) electrons. The van der Waals surface area contributed by atoms with Crippen molar-refractivity contribution in [3.63, 3.8) is 0 Å². The van der Waals surface area contributed by atoms with Crippen LogP contribution in [0.2, 0.25) is 0 Å². The Hall–Kier alpha value is -0.330. The van der Waals surface area contributed by atoms with E-state index in [-0.39, 0.29) is 0 Å². The van der Waals surface area contributed by atoms with Gasteiger partial charge in [-0.2, -0.15) is 0 Å². The van der Waals surface area contributed by atoms with Crippen LogP contribution in [-0.2, 0) is 4.79 Å². The summed E-state index contributed by atoms with van der Waals surface area (Å²) in [6, 6.07) is 0. The molecule has 3 fully saturated rings. The number of hydrogen-bond acceptors (Lipinski definition) is 1. The van der Waals surface area contributed by atoms with Crippen LogP contribution < -0.4 is 0 Å². The quantitative estimate of drug-likeness (QED) is 0.557. The minimum absolute atomic E-state index is 0.514. The van der Waals surface area contributed by atoms with Gasteiger partial charge in [0.15, 0.2) is 0 Å². The molecule has 0 N–H and O–H groups in total. The zero-order valence-corrected chi connectivity index (χ0v) is 8.27. The van der Waals surface area contributed by atoms with E-state index in [4.69, 9.17) is 0 Å². The molecule has 0 saturated heterocycles. The van der Waals surface area contributed by atoms with E-state index >= 15 is 0 Å². The molecule has 3 aliphatic rings. The summed E-state index contributed by atoms with van der Waals surface area (Å²) in [5.74, 6) is 0.553. The molecule has 3 rings (SSSR count). The lowest BCUT2D eigenvalue weighted by Gasteiger charge is -2.65. The van der Waals surface area contributed by atoms with E-state index in [9.17, 15) is 4.79 Å². The molecule has 13 heavy (non-hydrogen) atoms. The third-order valence-electron chi connectivity index (χ3n) is 5.19. The molecule has 2 atom stereocenters. The average Bonchev–Trinajstić information content (AvgIpc) is 2.11. The largest absolute Gasteiger partial charge is 0.300 e. The summed E-state index contributed by atoms with van der Waals surface area (Å²) in [7, 11) is 0. The van der Waals surface area contributed by atoms with Gasteiger partial charge in [0.1, 0.15) is 5.78 Å². The predicted octanol–water partition coefficient (Wildman–Crippen LogP) is 3.08. The highest BCUT2D eigenvalue weighted by Gasteiger charge is 2.61.